The topological polar surface area (TPSA) is 102 Å². The van der Waals surface area contributed by atoms with E-state index in [1.165, 1.54) is 0 Å². The molecule has 6 nitrogen and oxygen atoms in total. The molecule has 33 heavy (non-hydrogen) atoms. The number of rotatable bonds is 6. The molecule has 0 aromatic carbocycles. The molecule has 0 unspecified atom stereocenters. The monoisotopic (exact) mass is 575 g/mol. The van der Waals surface area contributed by atoms with Crippen LogP contribution >= 0.6 is 0 Å². The van der Waals surface area contributed by atoms with Gasteiger partial charge in [-0.3, -0.25) is 25.3 Å². The molecule has 0 saturated heterocycles. The molecule has 0 rings (SSSR count). The normalized spacial score (nSPS) is 15.6. The van der Waals surface area contributed by atoms with Crippen molar-refractivity contribution in [3.8, 4) is 0 Å². The summed E-state index contributed by atoms with van der Waals surface area (Å²) >= 11 is 0. The van der Waals surface area contributed by atoms with Crippen LogP contribution in [-0.4, -0.2) is 78.4 Å². The zero-order chi connectivity index (χ0) is 26.1. The Hall–Kier alpha value is -0.00519. The fourth-order valence-corrected chi connectivity index (χ4v) is 8.10. The number of alkyl halides is 15. The van der Waals surface area contributed by atoms with Crippen LogP contribution < -0.4 is 18.9 Å². The Labute approximate surface area is 196 Å². The Morgan fingerprint density at radius 3 is 0.606 bits per heavy atom. The molecule has 0 fully saturated rings. The van der Waals surface area contributed by atoms with E-state index < -0.39 is 67.7 Å². The van der Waals surface area contributed by atoms with Gasteiger partial charge in [0, 0.05) is 18.9 Å². The van der Waals surface area contributed by atoms with Crippen LogP contribution in [0.5, 0.6) is 0 Å². The summed E-state index contributed by atoms with van der Waals surface area (Å²) in [5, 5.41) is -24.2. The van der Waals surface area contributed by atoms with Crippen molar-refractivity contribution in [1.82, 2.24) is 0 Å². The first-order valence-corrected chi connectivity index (χ1v) is 10.3. The van der Waals surface area contributed by atoms with Gasteiger partial charge in [-0.15, -0.1) is 0 Å². The van der Waals surface area contributed by atoms with Crippen LogP contribution in [0, 0.1) is 3.91 Å². The van der Waals surface area contributed by atoms with Gasteiger partial charge in [-0.25, -0.2) is 0 Å². The molecule has 1 radical (unpaired) electrons. The number of hydrogen-bond acceptors (Lipinski definition) is 6. The number of sulfone groups is 3. The summed E-state index contributed by atoms with van der Waals surface area (Å²) in [6.07, 6.45) is -23.4. The maximum atomic E-state index is 13.1. The largest absolute Gasteiger partial charge is 1.00 e. The Bertz CT molecular complexity index is 888. The molecule has 0 aliphatic carbocycles. The average molecular weight is 575 g/mol. The van der Waals surface area contributed by atoms with Crippen LogP contribution in [0.4, 0.5) is 65.9 Å². The predicted molar refractivity (Wildman–Crippen MR) is 68.8 cm³/mol. The minimum absolute atomic E-state index is 0. The van der Waals surface area contributed by atoms with Crippen LogP contribution in [0.1, 0.15) is 0 Å². The Kier molecular flexibility index (Phi) is 10.8. The Balaban J connectivity index is -0.00000450. The Morgan fingerprint density at radius 2 is 0.515 bits per heavy atom. The molecular formula is C7F15Li2O6S3. The third-order valence-electron chi connectivity index (χ3n) is 2.66. The first-order chi connectivity index (χ1) is 12.9. The first-order valence-electron chi connectivity index (χ1n) is 5.81. The van der Waals surface area contributed by atoms with Crippen molar-refractivity contribution in [3.63, 3.8) is 0 Å². The van der Waals surface area contributed by atoms with E-state index in [2.05, 4.69) is 0 Å². The molecule has 0 saturated carbocycles. The molecule has 0 aromatic heterocycles. The second-order valence-electron chi connectivity index (χ2n) is 4.80. The SMILES string of the molecule is O=S(=O)([C-](S(=O)(=O)C(F)(F)C(F)(F)F)S(=O)(=O)C(F)(F)C(F)(F)F)C(F)(F)C(F)(F)F.[Li+].[Li]. The quantitative estimate of drug-likeness (QED) is 0.247. The summed E-state index contributed by atoms with van der Waals surface area (Å²) < 4.78 is 249. The van der Waals surface area contributed by atoms with Crippen molar-refractivity contribution in [2.75, 3.05) is 0 Å². The second-order valence-corrected chi connectivity index (χ2v) is 11.4. The van der Waals surface area contributed by atoms with Gasteiger partial charge in [-0.2, -0.15) is 65.9 Å². The maximum absolute atomic E-state index is 13.1. The van der Waals surface area contributed by atoms with E-state index in [9.17, 15) is 91.1 Å². The minimum atomic E-state index is -9.24. The second kappa shape index (κ2) is 9.46. The fraction of sp³-hybridized carbons (Fsp3) is 0.857. The van der Waals surface area contributed by atoms with Crippen LogP contribution in [-0.2, 0) is 29.5 Å². The maximum Gasteiger partial charge on any atom is 1.00 e. The third-order valence-corrected chi connectivity index (χ3v) is 10.6. The van der Waals surface area contributed by atoms with Gasteiger partial charge in [-0.1, -0.05) is 0 Å². The molecule has 189 valence electrons. The van der Waals surface area contributed by atoms with E-state index in [0.29, 0.717) is 0 Å². The molecule has 0 N–H and O–H groups in total. The van der Waals surface area contributed by atoms with Gasteiger partial charge in [-0.05, 0) is 0 Å². The van der Waals surface area contributed by atoms with E-state index in [0.717, 1.165) is 0 Å². The van der Waals surface area contributed by atoms with Crippen molar-refractivity contribution < 1.29 is 110 Å². The molecule has 0 aromatic rings. The van der Waals surface area contributed by atoms with Gasteiger partial charge < -0.3 is 0 Å². The van der Waals surface area contributed by atoms with E-state index in [1.807, 2.05) is 0 Å². The van der Waals surface area contributed by atoms with Gasteiger partial charge in [0.15, 0.2) is 0 Å². The van der Waals surface area contributed by atoms with E-state index >= 15 is 0 Å². The zero-order valence-corrected chi connectivity index (χ0v) is 17.3. The zero-order valence-electron chi connectivity index (χ0n) is 14.8. The van der Waals surface area contributed by atoms with Crippen molar-refractivity contribution >= 4 is 48.4 Å². The molecule has 0 aliphatic rings. The van der Waals surface area contributed by atoms with Gasteiger partial charge in [0.1, 0.15) is 29.5 Å². The van der Waals surface area contributed by atoms with Crippen LogP contribution in [0.3, 0.4) is 0 Å². The molecule has 0 spiro atoms. The first kappa shape index (κ1) is 37.5. The van der Waals surface area contributed by atoms with Crippen molar-refractivity contribution in [3.05, 3.63) is 3.91 Å². The molecular weight excluding hydrogens is 575 g/mol. The molecule has 0 heterocycles. The van der Waals surface area contributed by atoms with Crippen molar-refractivity contribution in [1.29, 1.82) is 0 Å². The molecule has 0 amide bonds. The Morgan fingerprint density at radius 1 is 0.394 bits per heavy atom. The smallest absolute Gasteiger partial charge is 0.254 e. The molecule has 0 bridgehead atoms. The van der Waals surface area contributed by atoms with Crippen LogP contribution in [0.2, 0.25) is 0 Å². The van der Waals surface area contributed by atoms with Crippen molar-refractivity contribution in [2.45, 2.75) is 34.3 Å². The standard InChI is InChI=1S/C7F15O6S3.2Li/c8-2(9,10)5(17,18)29(23,24)1(30(25,26)6(19,20)3(11,12)13)31(27,28)7(21,22)4(14,15)16;;/q-1;;+1. The summed E-state index contributed by atoms with van der Waals surface area (Å²) in [4.78, 5) is 0. The summed E-state index contributed by atoms with van der Waals surface area (Å²) in [7, 11) is -27.7. The van der Waals surface area contributed by atoms with E-state index in [-0.39, 0.29) is 37.7 Å². The van der Waals surface area contributed by atoms with Crippen LogP contribution in [0.25, 0.3) is 0 Å². The third kappa shape index (κ3) is 5.55. The van der Waals surface area contributed by atoms with E-state index in [1.54, 1.807) is 0 Å². The summed E-state index contributed by atoms with van der Waals surface area (Å²) in [6.45, 7) is 0. The summed E-state index contributed by atoms with van der Waals surface area (Å²) in [5.74, 6) is 0. The number of halogens is 15. The molecule has 0 aliphatic heterocycles. The van der Waals surface area contributed by atoms with E-state index in [4.69, 9.17) is 0 Å². The molecule has 0 atom stereocenters. The minimum Gasteiger partial charge on any atom is -0.254 e. The van der Waals surface area contributed by atoms with Crippen molar-refractivity contribution in [2.24, 2.45) is 0 Å². The van der Waals surface area contributed by atoms with Gasteiger partial charge in [0.2, 0.25) is 0 Å². The predicted octanol–water partition coefficient (Wildman–Crippen LogP) is -0.234. The average Bonchev–Trinajstić information content (AvgIpc) is 2.41. The molecule has 26 heteroatoms. The van der Waals surface area contributed by atoms with Crippen LogP contribution in [0.15, 0.2) is 0 Å². The van der Waals surface area contributed by atoms with Gasteiger partial charge in [0.05, 0.1) is 3.91 Å². The summed E-state index contributed by atoms with van der Waals surface area (Å²) in [5.41, 5.74) is 0. The van der Waals surface area contributed by atoms with Gasteiger partial charge in [0.25, 0.3) is 0 Å². The fourth-order valence-electron chi connectivity index (χ4n) is 1.20. The number of hydrogen-bond donors (Lipinski definition) is 0. The van der Waals surface area contributed by atoms with Gasteiger partial charge >= 0.3 is 53.2 Å². The summed E-state index contributed by atoms with van der Waals surface area (Å²) in [6, 6.07) is 0.